The molecule has 1 saturated carbocycles. The smallest absolute Gasteiger partial charge is 0.237 e. The molecule has 1 heterocycles. The Morgan fingerprint density at radius 2 is 1.96 bits per heavy atom. The molecule has 24 heavy (non-hydrogen) atoms. The van der Waals surface area contributed by atoms with Crippen LogP contribution in [0.2, 0.25) is 0 Å². The highest BCUT2D eigenvalue weighted by Crippen LogP contribution is 2.25. The zero-order valence-corrected chi connectivity index (χ0v) is 14.0. The number of aromatic amines is 1. The van der Waals surface area contributed by atoms with Crippen molar-refractivity contribution in [2.45, 2.75) is 51.0 Å². The highest BCUT2D eigenvalue weighted by molar-refractivity contribution is 5.85. The van der Waals surface area contributed by atoms with Crippen LogP contribution in [0.25, 0.3) is 10.9 Å². The molecule has 5 heteroatoms. The summed E-state index contributed by atoms with van der Waals surface area (Å²) in [5.74, 6) is -0.368. The summed E-state index contributed by atoms with van der Waals surface area (Å²) < 4.78 is 0. The molecule has 0 saturated heterocycles. The number of primary amides is 1. The van der Waals surface area contributed by atoms with Crippen molar-refractivity contribution in [2.24, 2.45) is 5.73 Å². The summed E-state index contributed by atoms with van der Waals surface area (Å²) in [5, 5.41) is 1.22. The van der Waals surface area contributed by atoms with Crippen molar-refractivity contribution in [1.29, 1.82) is 0 Å². The van der Waals surface area contributed by atoms with Gasteiger partial charge in [-0.1, -0.05) is 31.0 Å². The Morgan fingerprint density at radius 1 is 1.21 bits per heavy atom. The number of aryl methyl sites for hydroxylation is 1. The molecule has 3 rings (SSSR count). The maximum Gasteiger partial charge on any atom is 0.237 e. The van der Waals surface area contributed by atoms with Crippen LogP contribution in [0.1, 0.15) is 44.1 Å². The third kappa shape index (κ3) is 3.78. The van der Waals surface area contributed by atoms with Crippen molar-refractivity contribution in [2.75, 3.05) is 6.54 Å². The number of carbonyl (C=O) groups is 2. The molecular weight excluding hydrogens is 302 g/mol. The molecule has 0 bridgehead atoms. The number of fused-ring (bicyclic) bond motifs is 1. The molecule has 3 N–H and O–H groups in total. The summed E-state index contributed by atoms with van der Waals surface area (Å²) in [5.41, 5.74) is 7.69. The van der Waals surface area contributed by atoms with Gasteiger partial charge in [0.25, 0.3) is 0 Å². The largest absolute Gasteiger partial charge is 0.368 e. The number of nitrogens with zero attached hydrogens (tertiary/aromatic N) is 1. The van der Waals surface area contributed by atoms with Gasteiger partial charge in [-0.3, -0.25) is 9.59 Å². The normalized spacial score (nSPS) is 15.0. The van der Waals surface area contributed by atoms with E-state index in [0.717, 1.165) is 44.0 Å². The lowest BCUT2D eigenvalue weighted by atomic mass is 10.1. The van der Waals surface area contributed by atoms with Crippen LogP contribution < -0.4 is 5.73 Å². The van der Waals surface area contributed by atoms with Gasteiger partial charge in [0.05, 0.1) is 6.54 Å². The van der Waals surface area contributed by atoms with Gasteiger partial charge in [0.15, 0.2) is 0 Å². The third-order valence-corrected chi connectivity index (χ3v) is 4.92. The minimum absolute atomic E-state index is 0.0522. The number of nitrogens with two attached hydrogens (primary N) is 1. The van der Waals surface area contributed by atoms with Crippen LogP contribution in [-0.2, 0) is 16.0 Å². The fourth-order valence-corrected chi connectivity index (χ4v) is 3.72. The predicted molar refractivity (Wildman–Crippen MR) is 94.4 cm³/mol. The molecule has 128 valence electrons. The van der Waals surface area contributed by atoms with E-state index in [1.165, 1.54) is 10.9 Å². The maximum absolute atomic E-state index is 12.6. The second-order valence-corrected chi connectivity index (χ2v) is 6.64. The van der Waals surface area contributed by atoms with Gasteiger partial charge in [0.2, 0.25) is 11.8 Å². The molecule has 1 aromatic carbocycles. The number of benzene rings is 1. The molecule has 0 atom stereocenters. The van der Waals surface area contributed by atoms with Gasteiger partial charge in [0, 0.05) is 29.6 Å². The number of rotatable bonds is 7. The van der Waals surface area contributed by atoms with Crippen LogP contribution in [0.5, 0.6) is 0 Å². The average Bonchev–Trinajstić information content (AvgIpc) is 3.22. The van der Waals surface area contributed by atoms with Gasteiger partial charge in [-0.25, -0.2) is 0 Å². The van der Waals surface area contributed by atoms with Crippen LogP contribution in [-0.4, -0.2) is 34.3 Å². The van der Waals surface area contributed by atoms with E-state index in [4.69, 9.17) is 5.73 Å². The van der Waals surface area contributed by atoms with Crippen molar-refractivity contribution in [1.82, 2.24) is 9.88 Å². The average molecular weight is 327 g/mol. The second kappa shape index (κ2) is 7.51. The lowest BCUT2D eigenvalue weighted by Gasteiger charge is -2.27. The number of H-pyrrole nitrogens is 1. The van der Waals surface area contributed by atoms with Crippen LogP contribution in [0.3, 0.4) is 0 Å². The summed E-state index contributed by atoms with van der Waals surface area (Å²) in [7, 11) is 0. The molecule has 0 aliphatic heterocycles. The van der Waals surface area contributed by atoms with Crippen LogP contribution >= 0.6 is 0 Å². The van der Waals surface area contributed by atoms with Crippen LogP contribution in [0.15, 0.2) is 30.5 Å². The first-order chi connectivity index (χ1) is 11.6. The van der Waals surface area contributed by atoms with Gasteiger partial charge in [-0.15, -0.1) is 0 Å². The molecular formula is C19H25N3O2. The van der Waals surface area contributed by atoms with Gasteiger partial charge < -0.3 is 15.6 Å². The molecule has 0 radical (unpaired) electrons. The molecule has 0 unspecified atom stereocenters. The number of hydrogen-bond donors (Lipinski definition) is 2. The molecule has 1 aliphatic carbocycles. The standard InChI is InChI=1S/C19H25N3O2/c20-18(23)13-22(15-7-1-2-8-15)19(24)11-5-6-14-12-21-17-10-4-3-9-16(14)17/h3-4,9-10,12,15,21H,1-2,5-8,11,13H2,(H2,20,23). The molecule has 1 fully saturated rings. The first kappa shape index (κ1) is 16.6. The van der Waals surface area contributed by atoms with E-state index < -0.39 is 5.91 Å². The quantitative estimate of drug-likeness (QED) is 0.820. The summed E-state index contributed by atoms with van der Waals surface area (Å²) in [6.07, 6.45) is 8.35. The Kier molecular flexibility index (Phi) is 5.18. The van der Waals surface area contributed by atoms with Gasteiger partial charge in [-0.05, 0) is 37.3 Å². The van der Waals surface area contributed by atoms with Gasteiger partial charge in [-0.2, -0.15) is 0 Å². The van der Waals surface area contributed by atoms with E-state index in [0.29, 0.717) is 6.42 Å². The van der Waals surface area contributed by atoms with E-state index in [1.807, 2.05) is 18.3 Å². The van der Waals surface area contributed by atoms with Gasteiger partial charge in [0.1, 0.15) is 0 Å². The molecule has 5 nitrogen and oxygen atoms in total. The molecule has 2 amide bonds. The van der Waals surface area contributed by atoms with E-state index in [9.17, 15) is 9.59 Å². The van der Waals surface area contributed by atoms with Crippen molar-refractivity contribution in [3.63, 3.8) is 0 Å². The molecule has 2 aromatic rings. The lowest BCUT2D eigenvalue weighted by molar-refractivity contribution is -0.137. The Bertz CT molecular complexity index is 716. The number of hydrogen-bond acceptors (Lipinski definition) is 2. The van der Waals surface area contributed by atoms with E-state index >= 15 is 0 Å². The number of aromatic nitrogens is 1. The fourth-order valence-electron chi connectivity index (χ4n) is 3.72. The van der Waals surface area contributed by atoms with Crippen LogP contribution in [0, 0.1) is 0 Å². The molecule has 1 aliphatic rings. The predicted octanol–water partition coefficient (Wildman–Crippen LogP) is 2.75. The summed E-state index contributed by atoms with van der Waals surface area (Å²) in [6.45, 7) is 0.0522. The van der Waals surface area contributed by atoms with Crippen molar-refractivity contribution in [3.8, 4) is 0 Å². The van der Waals surface area contributed by atoms with Crippen molar-refractivity contribution in [3.05, 3.63) is 36.0 Å². The van der Waals surface area contributed by atoms with Crippen molar-refractivity contribution >= 4 is 22.7 Å². The Labute approximate surface area is 142 Å². The number of nitrogens with one attached hydrogen (secondary N) is 1. The Hall–Kier alpha value is -2.30. The summed E-state index contributed by atoms with van der Waals surface area (Å²) in [6, 6.07) is 8.38. The first-order valence-corrected chi connectivity index (χ1v) is 8.78. The third-order valence-electron chi connectivity index (χ3n) is 4.92. The minimum Gasteiger partial charge on any atom is -0.368 e. The SMILES string of the molecule is NC(=O)CN(C(=O)CCCc1c[nH]c2ccccc12)C1CCCC1. The van der Waals surface area contributed by atoms with Crippen molar-refractivity contribution < 1.29 is 9.59 Å². The Morgan fingerprint density at radius 3 is 2.71 bits per heavy atom. The first-order valence-electron chi connectivity index (χ1n) is 8.78. The highest BCUT2D eigenvalue weighted by Gasteiger charge is 2.27. The highest BCUT2D eigenvalue weighted by atomic mass is 16.2. The fraction of sp³-hybridized carbons (Fsp3) is 0.474. The summed E-state index contributed by atoms with van der Waals surface area (Å²) in [4.78, 5) is 28.8. The zero-order valence-electron chi connectivity index (χ0n) is 14.0. The zero-order chi connectivity index (χ0) is 16.9. The minimum atomic E-state index is -0.424. The van der Waals surface area contributed by atoms with Crippen LogP contribution in [0.4, 0.5) is 0 Å². The molecule has 0 spiro atoms. The molecule has 1 aromatic heterocycles. The topological polar surface area (TPSA) is 79.2 Å². The Balaban J connectivity index is 1.57. The van der Waals surface area contributed by atoms with Gasteiger partial charge >= 0.3 is 0 Å². The number of para-hydroxylation sites is 1. The summed E-state index contributed by atoms with van der Waals surface area (Å²) >= 11 is 0. The van der Waals surface area contributed by atoms with E-state index in [2.05, 4.69) is 17.1 Å². The monoisotopic (exact) mass is 327 g/mol. The lowest BCUT2D eigenvalue weighted by Crippen LogP contribution is -2.44. The number of amides is 2. The van der Waals surface area contributed by atoms with E-state index in [1.54, 1.807) is 4.90 Å². The number of carbonyl (C=O) groups excluding carboxylic acids is 2. The second-order valence-electron chi connectivity index (χ2n) is 6.64. The van der Waals surface area contributed by atoms with E-state index in [-0.39, 0.29) is 18.5 Å². The maximum atomic E-state index is 12.6.